The van der Waals surface area contributed by atoms with Gasteiger partial charge in [0.25, 0.3) is 5.78 Å². The number of thioether (sulfide) groups is 1. The minimum absolute atomic E-state index is 0.0494. The average Bonchev–Trinajstić information content (AvgIpc) is 3.54. The molecule has 0 aliphatic carbocycles. The number of aryl methyl sites for hydroxylation is 1. The summed E-state index contributed by atoms with van der Waals surface area (Å²) < 4.78 is 11.5. The summed E-state index contributed by atoms with van der Waals surface area (Å²) in [7, 11) is 3.02. The van der Waals surface area contributed by atoms with E-state index in [1.54, 1.807) is 30.3 Å². The molecular weight excluding hydrogens is 570 g/mol. The Bertz CT molecular complexity index is 1600. The normalized spacial score (nSPS) is 16.4. The highest BCUT2D eigenvalue weighted by Gasteiger charge is 2.48. The largest absolute Gasteiger partial charge is 0.507 e. The molecule has 0 bridgehead atoms. The van der Waals surface area contributed by atoms with Crippen molar-refractivity contribution in [3.63, 3.8) is 0 Å². The van der Waals surface area contributed by atoms with Crippen LogP contribution >= 0.6 is 34.7 Å². The van der Waals surface area contributed by atoms with E-state index in [0.29, 0.717) is 37.7 Å². The minimum Gasteiger partial charge on any atom is -0.507 e. The molecule has 1 amide bonds. The summed E-state index contributed by atoms with van der Waals surface area (Å²) >= 11 is 8.63. The van der Waals surface area contributed by atoms with E-state index >= 15 is 0 Å². The van der Waals surface area contributed by atoms with E-state index in [-0.39, 0.29) is 16.5 Å². The van der Waals surface area contributed by atoms with Crippen molar-refractivity contribution in [1.82, 2.24) is 10.2 Å². The molecule has 1 aliphatic heterocycles. The van der Waals surface area contributed by atoms with E-state index in [4.69, 9.17) is 21.1 Å². The van der Waals surface area contributed by atoms with Gasteiger partial charge in [0.1, 0.15) is 5.76 Å². The molecule has 1 N–H and O–H groups in total. The van der Waals surface area contributed by atoms with Crippen LogP contribution in [0.5, 0.6) is 11.5 Å². The summed E-state index contributed by atoms with van der Waals surface area (Å²) in [6.07, 6.45) is 0. The Morgan fingerprint density at radius 2 is 1.70 bits per heavy atom. The van der Waals surface area contributed by atoms with Crippen LogP contribution in [0.25, 0.3) is 5.76 Å². The average molecular weight is 594 g/mol. The molecule has 0 saturated carbocycles. The van der Waals surface area contributed by atoms with Gasteiger partial charge >= 0.3 is 5.91 Å². The zero-order valence-electron chi connectivity index (χ0n) is 21.8. The molecule has 204 valence electrons. The number of halogens is 1. The smallest absolute Gasteiger partial charge is 0.301 e. The van der Waals surface area contributed by atoms with Crippen LogP contribution in [0.4, 0.5) is 5.13 Å². The highest BCUT2D eigenvalue weighted by molar-refractivity contribution is 8.00. The zero-order chi connectivity index (χ0) is 28.4. The van der Waals surface area contributed by atoms with E-state index < -0.39 is 17.7 Å². The predicted molar refractivity (Wildman–Crippen MR) is 156 cm³/mol. The first kappa shape index (κ1) is 27.7. The molecule has 0 radical (unpaired) electrons. The second-order valence-electron chi connectivity index (χ2n) is 8.92. The van der Waals surface area contributed by atoms with E-state index in [9.17, 15) is 14.7 Å². The molecule has 3 aromatic carbocycles. The van der Waals surface area contributed by atoms with Gasteiger partial charge in [0.15, 0.2) is 15.8 Å². The molecule has 0 spiro atoms. The summed E-state index contributed by atoms with van der Waals surface area (Å²) in [5, 5.41) is 20.7. The summed E-state index contributed by atoms with van der Waals surface area (Å²) in [5.41, 5.74) is 2.95. The molecule has 11 heteroatoms. The van der Waals surface area contributed by atoms with Crippen molar-refractivity contribution in [2.75, 3.05) is 19.1 Å². The van der Waals surface area contributed by atoms with Crippen molar-refractivity contribution in [3.8, 4) is 11.5 Å². The van der Waals surface area contributed by atoms with E-state index in [1.165, 1.54) is 42.2 Å². The number of nitrogens with zero attached hydrogens (tertiary/aromatic N) is 3. The van der Waals surface area contributed by atoms with Crippen LogP contribution in [0.3, 0.4) is 0 Å². The van der Waals surface area contributed by atoms with Gasteiger partial charge in [-0.2, -0.15) is 0 Å². The quantitative estimate of drug-likeness (QED) is 0.0819. The van der Waals surface area contributed by atoms with Gasteiger partial charge in [-0.05, 0) is 42.3 Å². The first-order valence-corrected chi connectivity index (χ1v) is 14.3. The van der Waals surface area contributed by atoms with Crippen molar-refractivity contribution < 1.29 is 24.2 Å². The number of ketones is 1. The van der Waals surface area contributed by atoms with Crippen LogP contribution in [-0.2, 0) is 15.3 Å². The standard InChI is InChI=1S/C29H24ClN3O5S2/c1-16-4-8-18(9-5-16)25(34)23-24(19-10-13-21(37-2)22(14-19)38-3)33(27(36)26(23)35)28-31-32-29(40-28)39-15-17-6-11-20(30)12-7-17/h4-14,24,34H,15H2,1-3H3/b25-23-. The van der Waals surface area contributed by atoms with Gasteiger partial charge in [-0.25, -0.2) is 0 Å². The number of ether oxygens (including phenoxy) is 2. The van der Waals surface area contributed by atoms with Crippen LogP contribution in [0.2, 0.25) is 5.02 Å². The first-order valence-electron chi connectivity index (χ1n) is 12.1. The molecule has 1 unspecified atom stereocenters. The van der Waals surface area contributed by atoms with E-state index in [0.717, 1.165) is 11.1 Å². The van der Waals surface area contributed by atoms with Crippen molar-refractivity contribution in [2.24, 2.45) is 0 Å². The Balaban J connectivity index is 1.57. The number of aromatic nitrogens is 2. The maximum Gasteiger partial charge on any atom is 0.301 e. The lowest BCUT2D eigenvalue weighted by Crippen LogP contribution is -2.29. The van der Waals surface area contributed by atoms with Crippen LogP contribution < -0.4 is 14.4 Å². The van der Waals surface area contributed by atoms with Crippen molar-refractivity contribution in [3.05, 3.63) is 99.6 Å². The van der Waals surface area contributed by atoms with Crippen LogP contribution in [0, 0.1) is 6.92 Å². The Hall–Kier alpha value is -3.86. The van der Waals surface area contributed by atoms with Gasteiger partial charge in [0.2, 0.25) is 5.13 Å². The second-order valence-corrected chi connectivity index (χ2v) is 11.5. The Kier molecular flexibility index (Phi) is 8.11. The summed E-state index contributed by atoms with van der Waals surface area (Å²) in [5.74, 6) is -0.377. The number of Topliss-reactive ketones (excluding diaryl/α,β-unsaturated/α-hetero) is 1. The molecule has 1 aromatic heterocycles. The number of anilines is 1. The molecule has 8 nitrogen and oxygen atoms in total. The van der Waals surface area contributed by atoms with Gasteiger partial charge in [-0.1, -0.05) is 82.7 Å². The first-order chi connectivity index (χ1) is 19.3. The van der Waals surface area contributed by atoms with E-state index in [1.807, 2.05) is 43.3 Å². The van der Waals surface area contributed by atoms with Crippen LogP contribution in [-0.4, -0.2) is 41.2 Å². The number of methoxy groups -OCH3 is 2. The third kappa shape index (κ3) is 5.42. The summed E-state index contributed by atoms with van der Waals surface area (Å²) in [6, 6.07) is 18.7. The number of hydrogen-bond acceptors (Lipinski definition) is 9. The highest BCUT2D eigenvalue weighted by Crippen LogP contribution is 2.45. The third-order valence-corrected chi connectivity index (χ3v) is 8.75. The molecule has 1 saturated heterocycles. The number of aliphatic hydroxyl groups is 1. The highest BCUT2D eigenvalue weighted by atomic mass is 35.5. The Morgan fingerprint density at radius 3 is 2.38 bits per heavy atom. The number of aliphatic hydroxyl groups excluding tert-OH is 1. The number of benzene rings is 3. The number of carbonyl (C=O) groups excluding carboxylic acids is 2. The van der Waals surface area contributed by atoms with Crippen molar-refractivity contribution >= 4 is 57.3 Å². The SMILES string of the molecule is COc1ccc(C2/C(=C(/O)c3ccc(C)cc3)C(=O)C(=O)N2c2nnc(SCc3ccc(Cl)cc3)s2)cc1OC. The molecule has 5 rings (SSSR count). The van der Waals surface area contributed by atoms with Gasteiger partial charge in [-0.15, -0.1) is 10.2 Å². The number of hydrogen-bond donors (Lipinski definition) is 1. The lowest BCUT2D eigenvalue weighted by atomic mass is 9.95. The van der Waals surface area contributed by atoms with Gasteiger partial charge in [0.05, 0.1) is 25.8 Å². The molecule has 40 heavy (non-hydrogen) atoms. The number of amides is 1. The van der Waals surface area contributed by atoms with Crippen molar-refractivity contribution in [1.29, 1.82) is 0 Å². The van der Waals surface area contributed by atoms with Crippen molar-refractivity contribution in [2.45, 2.75) is 23.1 Å². The zero-order valence-corrected chi connectivity index (χ0v) is 24.1. The van der Waals surface area contributed by atoms with Crippen LogP contribution in [0.1, 0.15) is 28.3 Å². The topological polar surface area (TPSA) is 102 Å². The number of rotatable bonds is 8. The third-order valence-electron chi connectivity index (χ3n) is 6.37. The predicted octanol–water partition coefficient (Wildman–Crippen LogP) is 6.44. The summed E-state index contributed by atoms with van der Waals surface area (Å²) in [4.78, 5) is 28.2. The Morgan fingerprint density at radius 1 is 1.00 bits per heavy atom. The maximum atomic E-state index is 13.5. The molecule has 1 fully saturated rings. The van der Waals surface area contributed by atoms with Crippen LogP contribution in [0.15, 0.2) is 76.6 Å². The summed E-state index contributed by atoms with van der Waals surface area (Å²) in [6.45, 7) is 1.92. The monoisotopic (exact) mass is 593 g/mol. The lowest BCUT2D eigenvalue weighted by Gasteiger charge is -2.23. The molecule has 4 aromatic rings. The maximum absolute atomic E-state index is 13.5. The minimum atomic E-state index is -0.969. The fourth-order valence-corrected chi connectivity index (χ4v) is 6.27. The molecular formula is C29H24ClN3O5S2. The fourth-order valence-electron chi connectivity index (χ4n) is 4.32. The molecule has 1 atom stereocenters. The van der Waals surface area contributed by atoms with E-state index in [2.05, 4.69) is 10.2 Å². The molecule has 1 aliphatic rings. The fraction of sp³-hybridized carbons (Fsp3) is 0.172. The van der Waals surface area contributed by atoms with Gasteiger partial charge in [-0.3, -0.25) is 14.5 Å². The van der Waals surface area contributed by atoms with Gasteiger partial charge < -0.3 is 14.6 Å². The Labute approximate surface area is 244 Å². The lowest BCUT2D eigenvalue weighted by molar-refractivity contribution is -0.132. The number of carbonyl (C=O) groups is 2. The van der Waals surface area contributed by atoms with Gasteiger partial charge in [0, 0.05) is 16.3 Å². The second kappa shape index (κ2) is 11.7. The molecule has 2 heterocycles.